The highest BCUT2D eigenvalue weighted by Crippen LogP contribution is 2.50. The number of rotatable bonds is 19. The first kappa shape index (κ1) is 71.3. The van der Waals surface area contributed by atoms with Crippen molar-refractivity contribution >= 4 is 129 Å². The third-order valence-electron chi connectivity index (χ3n) is 15.4. The number of aliphatic hydroxyl groups excluding tert-OH is 2. The van der Waals surface area contributed by atoms with Gasteiger partial charge in [0.05, 0.1) is 107 Å². The van der Waals surface area contributed by atoms with Crippen molar-refractivity contribution in [2.24, 2.45) is 0 Å². The fraction of sp³-hybridized carbons (Fsp3) is 0.308. The second-order valence-electron chi connectivity index (χ2n) is 21.4. The SMILES string of the molecule is CSc1ncnc2c([C@]3(C#N)O[C@H](COCc4ccccc4)C[C@H]3OCc3ccccc3)scc12.ClB(Cl)Cl.N.N#C[C@@]1(c2scc3c(N)ncnc23)O[C@H](CO)C[C@H]1O.N#C[C@@]1(c2scc3c(N)ncnc23)O[C@H](COCc2ccccc2)C[C@H]1OCc1ccccc1. The van der Waals surface area contributed by atoms with Crippen molar-refractivity contribution in [3.63, 3.8) is 0 Å². The van der Waals surface area contributed by atoms with E-state index < -0.39 is 46.2 Å². The number of nitrogens with two attached hydrogens (primary N) is 2. The maximum absolute atomic E-state index is 10.5. The molecule has 0 bridgehead atoms. The molecular formula is C65H64BCl3N12O9S4. The summed E-state index contributed by atoms with van der Waals surface area (Å²) >= 11 is 20.1. The molecule has 3 aliphatic heterocycles. The molecule has 13 rings (SSSR count). The van der Waals surface area contributed by atoms with E-state index in [4.69, 9.17) is 79.0 Å². The Labute approximate surface area is 573 Å². The first-order chi connectivity index (χ1) is 45.3. The number of thiophene rings is 3. The summed E-state index contributed by atoms with van der Waals surface area (Å²) in [5.74, 6) is 0.694. The third kappa shape index (κ3) is 16.3. The molecule has 0 saturated carbocycles. The molecule has 3 saturated heterocycles. The van der Waals surface area contributed by atoms with E-state index in [0.717, 1.165) is 43.1 Å². The molecule has 94 heavy (non-hydrogen) atoms. The Bertz CT molecular complexity index is 4200. The lowest BCUT2D eigenvalue weighted by Gasteiger charge is -2.27. The van der Waals surface area contributed by atoms with Crippen LogP contribution in [0, 0.1) is 34.0 Å². The van der Waals surface area contributed by atoms with Gasteiger partial charge in [-0.1, -0.05) is 121 Å². The Kier molecular flexibility index (Phi) is 25.4. The second kappa shape index (κ2) is 33.6. The van der Waals surface area contributed by atoms with Crippen molar-refractivity contribution in [3.8, 4) is 18.2 Å². The van der Waals surface area contributed by atoms with Crippen LogP contribution in [0.2, 0.25) is 0 Å². The quantitative estimate of drug-likeness (QED) is 0.0285. The number of hydrogen-bond acceptors (Lipinski definition) is 25. The van der Waals surface area contributed by atoms with Crippen molar-refractivity contribution in [2.75, 3.05) is 37.5 Å². The fourth-order valence-electron chi connectivity index (χ4n) is 11.0. The van der Waals surface area contributed by atoms with Crippen LogP contribution in [0.25, 0.3) is 32.7 Å². The molecule has 3 fully saturated rings. The van der Waals surface area contributed by atoms with Gasteiger partial charge in [0.1, 0.15) is 72.2 Å². The number of thioether (sulfide) groups is 1. The molecular weight excluding hydrogens is 1340 g/mol. The third-order valence-corrected chi connectivity index (χ3v) is 19.4. The minimum absolute atomic E-state index is 0. The standard InChI is InChI=1S/C27H25N3O3S2.C26H24N4O3S.C12H12N4O3S.BCl3.H3N/c1-34-26-22-16-35-25(24(22)29-18-30-26)27(17-28)23(32-14-20-10-6-3-7-11-20)12-21(33-27)15-31-13-19-8-4-2-5-9-19;27-16-26(24-23-21(15-34-24)25(28)30-17-29-23)22(32-13-19-9-5-2-6-10-19)11-20(33-26)14-31-12-18-7-3-1-4-8-18;13-4-12(8(18)1-6(2-17)19-12)10-9-7(3-20-10)11(14)16-5-15-9;2-1(3)4;/h2-11,16,18,21,23H,12-15H2,1H3;1-10,15,17,20,22H,11-14H2,(H2,28,29,30);3,5-6,8,17-18H,1-2H2,(H2,14,15,16);;1H3/t21-,23+,27+;20-,22+,26+;6-,8+,12+;;/m000../s1. The van der Waals surface area contributed by atoms with E-state index in [1.165, 1.54) is 46.7 Å². The minimum atomic E-state index is -1.51. The summed E-state index contributed by atoms with van der Waals surface area (Å²) in [6, 6.07) is 46.8. The molecule has 486 valence electrons. The van der Waals surface area contributed by atoms with E-state index in [9.17, 15) is 26.0 Å². The van der Waals surface area contributed by atoms with Gasteiger partial charge in [-0.2, -0.15) is 50.2 Å². The van der Waals surface area contributed by atoms with Crippen LogP contribution >= 0.6 is 80.2 Å². The van der Waals surface area contributed by atoms with Crippen LogP contribution in [-0.2, 0) is 76.4 Å². The molecule has 0 spiro atoms. The van der Waals surface area contributed by atoms with E-state index in [1.807, 2.05) is 144 Å². The fourth-order valence-corrected chi connectivity index (χ4v) is 15.0. The average Bonchev–Trinajstić information content (AvgIpc) is 1.60. The zero-order valence-corrected chi connectivity index (χ0v) is 56.1. The van der Waals surface area contributed by atoms with Gasteiger partial charge in [0.2, 0.25) is 16.8 Å². The van der Waals surface area contributed by atoms with Crippen molar-refractivity contribution in [3.05, 3.63) is 193 Å². The molecule has 0 aliphatic carbocycles. The molecule has 9 N–H and O–H groups in total. The van der Waals surface area contributed by atoms with E-state index >= 15 is 0 Å². The van der Waals surface area contributed by atoms with Crippen molar-refractivity contribution in [1.29, 1.82) is 15.8 Å². The molecule has 6 aromatic heterocycles. The lowest BCUT2D eigenvalue weighted by molar-refractivity contribution is -0.0883. The summed E-state index contributed by atoms with van der Waals surface area (Å²) < 4.78 is 43.1. The molecule has 9 atom stereocenters. The molecule has 3 aliphatic rings. The normalized spacial score (nSPS) is 22.7. The van der Waals surface area contributed by atoms with Crippen LogP contribution in [0.3, 0.4) is 0 Å². The number of ether oxygens (including phenoxy) is 7. The van der Waals surface area contributed by atoms with Gasteiger partial charge in [-0.3, -0.25) is 0 Å². The van der Waals surface area contributed by atoms with Crippen LogP contribution in [0.5, 0.6) is 0 Å². The number of aromatic nitrogens is 6. The first-order valence-electron chi connectivity index (χ1n) is 29.0. The van der Waals surface area contributed by atoms with Gasteiger partial charge in [-0.15, -0.1) is 45.8 Å². The Hall–Kier alpha value is -7.05. The van der Waals surface area contributed by atoms with E-state index in [1.54, 1.807) is 23.5 Å². The summed E-state index contributed by atoms with van der Waals surface area (Å²) in [6.07, 6.45) is 4.38. The van der Waals surface area contributed by atoms with Crippen LogP contribution in [0.1, 0.15) is 56.1 Å². The Morgan fingerprint density at radius 2 is 0.894 bits per heavy atom. The van der Waals surface area contributed by atoms with Crippen LogP contribution in [0.15, 0.2) is 161 Å². The maximum Gasteiger partial charge on any atom is 0.450 e. The zero-order valence-electron chi connectivity index (χ0n) is 50.5. The largest absolute Gasteiger partial charge is 0.450 e. The van der Waals surface area contributed by atoms with Crippen LogP contribution in [0.4, 0.5) is 11.6 Å². The molecule has 0 radical (unpaired) electrons. The van der Waals surface area contributed by atoms with E-state index in [0.29, 0.717) is 95.7 Å². The number of nitrogen functional groups attached to an aromatic ring is 2. The highest BCUT2D eigenvalue weighted by atomic mass is 35.6. The monoisotopic (exact) mass is 1400 g/mol. The molecule has 9 heterocycles. The summed E-state index contributed by atoms with van der Waals surface area (Å²) in [4.78, 5) is 26.6. The number of halogens is 3. The predicted octanol–water partition coefficient (Wildman–Crippen LogP) is 12.3. The summed E-state index contributed by atoms with van der Waals surface area (Å²) in [5, 5.41) is 58.7. The van der Waals surface area contributed by atoms with Gasteiger partial charge in [0.15, 0.2) is 0 Å². The summed E-state index contributed by atoms with van der Waals surface area (Å²) in [5.41, 5.74) is 13.8. The lowest BCUT2D eigenvalue weighted by atomic mass is 9.94. The minimum Gasteiger partial charge on any atom is -0.394 e. The van der Waals surface area contributed by atoms with E-state index in [2.05, 4.69) is 42.0 Å². The van der Waals surface area contributed by atoms with Gasteiger partial charge >= 0.3 is 4.96 Å². The molecule has 0 amide bonds. The van der Waals surface area contributed by atoms with Gasteiger partial charge < -0.3 is 61.0 Å². The second-order valence-corrected chi connectivity index (χ2v) is 26.8. The first-order valence-corrected chi connectivity index (χ1v) is 34.2. The number of nitriles is 3. The molecule has 29 heteroatoms. The Morgan fingerprint density at radius 3 is 1.27 bits per heavy atom. The number of hydrogen-bond donors (Lipinski definition) is 5. The highest BCUT2D eigenvalue weighted by Gasteiger charge is 2.56. The predicted molar refractivity (Wildman–Crippen MR) is 367 cm³/mol. The molecule has 0 unspecified atom stereocenters. The summed E-state index contributed by atoms with van der Waals surface area (Å²) in [6.45, 7) is 2.20. The lowest BCUT2D eigenvalue weighted by Crippen LogP contribution is -2.36. The van der Waals surface area contributed by atoms with Crippen LogP contribution < -0.4 is 17.6 Å². The van der Waals surface area contributed by atoms with Gasteiger partial charge in [0, 0.05) is 40.8 Å². The van der Waals surface area contributed by atoms with Crippen molar-refractivity contribution < 1.29 is 43.4 Å². The maximum atomic E-state index is 10.5. The smallest absolute Gasteiger partial charge is 0.394 e. The van der Waals surface area contributed by atoms with Crippen molar-refractivity contribution in [2.45, 2.75) is 104 Å². The number of benzene rings is 4. The summed E-state index contributed by atoms with van der Waals surface area (Å²) in [7, 11) is 0. The number of fused-ring (bicyclic) bond motifs is 3. The van der Waals surface area contributed by atoms with Gasteiger partial charge in [-0.05, 0) is 28.5 Å². The van der Waals surface area contributed by atoms with E-state index in [-0.39, 0.29) is 31.4 Å². The Morgan fingerprint density at radius 1 is 0.543 bits per heavy atom. The molecule has 21 nitrogen and oxygen atoms in total. The number of nitrogens with zero attached hydrogens (tertiary/aromatic N) is 9. The molecule has 10 aromatic rings. The van der Waals surface area contributed by atoms with Crippen molar-refractivity contribution in [1.82, 2.24) is 36.1 Å². The molecule has 4 aromatic carbocycles. The zero-order chi connectivity index (χ0) is 65.4. The topological polar surface area (TPSA) is 341 Å². The van der Waals surface area contributed by atoms with Gasteiger partial charge in [0.25, 0.3) is 0 Å². The number of anilines is 2. The van der Waals surface area contributed by atoms with Crippen LogP contribution in [-0.4, -0.2) is 108 Å². The highest BCUT2D eigenvalue weighted by molar-refractivity contribution is 7.98. The Balaban J connectivity index is 0.000000166. The number of aliphatic hydroxyl groups is 2. The van der Waals surface area contributed by atoms with Gasteiger partial charge in [-0.25, -0.2) is 29.9 Å². The average molecular weight is 1400 g/mol.